The van der Waals surface area contributed by atoms with E-state index in [1.807, 2.05) is 30.3 Å². The van der Waals surface area contributed by atoms with Crippen molar-refractivity contribution in [1.29, 1.82) is 0 Å². The molecule has 7 rings (SSSR count). The predicted octanol–water partition coefficient (Wildman–Crippen LogP) is 6.27. The average Bonchev–Trinajstić information content (AvgIpc) is 3.05. The van der Waals surface area contributed by atoms with Crippen LogP contribution < -0.4 is 0 Å². The molecule has 2 aromatic carbocycles. The quantitative estimate of drug-likeness (QED) is 0.594. The highest BCUT2D eigenvalue weighted by Crippen LogP contribution is 2.62. The summed E-state index contributed by atoms with van der Waals surface area (Å²) in [6, 6.07) is 16.4. The van der Waals surface area contributed by atoms with E-state index in [1.54, 1.807) is 0 Å². The number of rotatable bonds is 2. The normalized spacial score (nSPS) is 32.4. The summed E-state index contributed by atoms with van der Waals surface area (Å²) in [5.41, 5.74) is 3.38. The van der Waals surface area contributed by atoms with Crippen LogP contribution in [0.1, 0.15) is 44.1 Å². The summed E-state index contributed by atoms with van der Waals surface area (Å²) in [4.78, 5) is 0. The Morgan fingerprint density at radius 1 is 0.846 bits per heavy atom. The molecule has 1 aromatic heterocycles. The van der Waals surface area contributed by atoms with E-state index in [9.17, 15) is 5.11 Å². The van der Waals surface area contributed by atoms with Gasteiger partial charge in [0, 0.05) is 16.5 Å². The standard InChI is InChI=1S/C24H24O2/c25-21-6-5-19(23-11-18-3-1-2-4-22(18)26-23)10-20(21)24-12-15-7-16(13-24)9-17(8-15)14-24/h1-6,10-11,15-17,25H,7-9,12-14H2. The lowest BCUT2D eigenvalue weighted by Crippen LogP contribution is -2.48. The molecule has 4 saturated carbocycles. The molecule has 0 atom stereocenters. The second-order valence-corrected chi connectivity index (χ2v) is 9.08. The van der Waals surface area contributed by atoms with Crippen molar-refractivity contribution in [3.63, 3.8) is 0 Å². The molecule has 2 heteroatoms. The summed E-state index contributed by atoms with van der Waals surface area (Å²) >= 11 is 0. The van der Waals surface area contributed by atoms with Gasteiger partial charge >= 0.3 is 0 Å². The van der Waals surface area contributed by atoms with Crippen LogP contribution in [0, 0.1) is 17.8 Å². The van der Waals surface area contributed by atoms with Crippen LogP contribution in [0.5, 0.6) is 5.75 Å². The summed E-state index contributed by atoms with van der Waals surface area (Å²) in [5, 5.41) is 11.9. The number of phenols is 1. The van der Waals surface area contributed by atoms with Gasteiger partial charge in [-0.2, -0.15) is 0 Å². The molecule has 0 radical (unpaired) electrons. The Hall–Kier alpha value is -2.22. The molecule has 4 aliphatic carbocycles. The zero-order valence-corrected chi connectivity index (χ0v) is 14.9. The van der Waals surface area contributed by atoms with E-state index >= 15 is 0 Å². The number of benzene rings is 2. The Balaban J connectivity index is 1.46. The highest BCUT2D eigenvalue weighted by Gasteiger charge is 2.52. The first-order valence-corrected chi connectivity index (χ1v) is 10.0. The van der Waals surface area contributed by atoms with Crippen molar-refractivity contribution in [2.24, 2.45) is 17.8 Å². The number of fused-ring (bicyclic) bond motifs is 1. The van der Waals surface area contributed by atoms with Gasteiger partial charge in [0.2, 0.25) is 0 Å². The van der Waals surface area contributed by atoms with Gasteiger partial charge in [-0.05, 0) is 92.0 Å². The predicted molar refractivity (Wildman–Crippen MR) is 103 cm³/mol. The minimum atomic E-state index is 0.195. The molecule has 1 heterocycles. The molecule has 4 fully saturated rings. The third-order valence-corrected chi connectivity index (χ3v) is 7.32. The Morgan fingerprint density at radius 3 is 2.23 bits per heavy atom. The van der Waals surface area contributed by atoms with E-state index in [2.05, 4.69) is 18.2 Å². The van der Waals surface area contributed by atoms with Crippen LogP contribution in [0.25, 0.3) is 22.3 Å². The third-order valence-electron chi connectivity index (χ3n) is 7.32. The van der Waals surface area contributed by atoms with Gasteiger partial charge in [0.25, 0.3) is 0 Å². The largest absolute Gasteiger partial charge is 0.508 e. The van der Waals surface area contributed by atoms with Crippen molar-refractivity contribution in [1.82, 2.24) is 0 Å². The molecule has 0 saturated heterocycles. The van der Waals surface area contributed by atoms with Crippen molar-refractivity contribution in [3.8, 4) is 17.1 Å². The van der Waals surface area contributed by atoms with Crippen LogP contribution in [0.3, 0.4) is 0 Å². The van der Waals surface area contributed by atoms with Crippen LogP contribution in [0.15, 0.2) is 52.9 Å². The van der Waals surface area contributed by atoms with Crippen molar-refractivity contribution in [2.75, 3.05) is 0 Å². The molecule has 2 nitrogen and oxygen atoms in total. The van der Waals surface area contributed by atoms with Crippen molar-refractivity contribution >= 4 is 11.0 Å². The maximum Gasteiger partial charge on any atom is 0.135 e. The van der Waals surface area contributed by atoms with Crippen LogP contribution in [0.4, 0.5) is 0 Å². The SMILES string of the molecule is Oc1ccc(-c2cc3ccccc3o2)cc1C12CC3CC(CC(C3)C1)C2. The van der Waals surface area contributed by atoms with Crippen molar-refractivity contribution < 1.29 is 9.52 Å². The fourth-order valence-corrected chi connectivity index (χ4v) is 6.68. The fourth-order valence-electron chi connectivity index (χ4n) is 6.68. The van der Waals surface area contributed by atoms with E-state index in [0.717, 1.165) is 40.0 Å². The van der Waals surface area contributed by atoms with E-state index in [-0.39, 0.29) is 5.41 Å². The first kappa shape index (κ1) is 14.9. The molecule has 0 amide bonds. The maximum absolute atomic E-state index is 10.8. The van der Waals surface area contributed by atoms with Crippen molar-refractivity contribution in [2.45, 2.75) is 43.9 Å². The highest BCUT2D eigenvalue weighted by atomic mass is 16.3. The second kappa shape index (κ2) is 5.16. The van der Waals surface area contributed by atoms with E-state index in [1.165, 1.54) is 44.1 Å². The summed E-state index contributed by atoms with van der Waals surface area (Å²) in [6.07, 6.45) is 8.04. The first-order chi connectivity index (χ1) is 12.7. The van der Waals surface area contributed by atoms with Crippen LogP contribution in [-0.4, -0.2) is 5.11 Å². The molecule has 4 bridgehead atoms. The lowest BCUT2D eigenvalue weighted by molar-refractivity contribution is -0.00611. The first-order valence-electron chi connectivity index (χ1n) is 10.0. The van der Waals surface area contributed by atoms with E-state index < -0.39 is 0 Å². The molecule has 1 N–H and O–H groups in total. The Bertz CT molecular complexity index is 928. The van der Waals surface area contributed by atoms with Crippen molar-refractivity contribution in [3.05, 3.63) is 54.1 Å². The van der Waals surface area contributed by atoms with Gasteiger partial charge in [-0.1, -0.05) is 18.2 Å². The van der Waals surface area contributed by atoms with Gasteiger partial charge in [0.05, 0.1) is 0 Å². The third kappa shape index (κ3) is 2.11. The van der Waals surface area contributed by atoms with E-state index in [0.29, 0.717) is 5.75 Å². The number of hydrogen-bond acceptors (Lipinski definition) is 2. The summed E-state index contributed by atoms with van der Waals surface area (Å²) in [6.45, 7) is 0. The highest BCUT2D eigenvalue weighted by molar-refractivity contribution is 5.83. The van der Waals surface area contributed by atoms with Crippen LogP contribution in [0.2, 0.25) is 0 Å². The maximum atomic E-state index is 10.8. The minimum absolute atomic E-state index is 0.195. The smallest absolute Gasteiger partial charge is 0.135 e. The zero-order chi connectivity index (χ0) is 17.3. The summed E-state index contributed by atoms with van der Waals surface area (Å²) in [7, 11) is 0. The molecular weight excluding hydrogens is 320 g/mol. The van der Waals surface area contributed by atoms with Gasteiger partial charge in [-0.15, -0.1) is 0 Å². The lowest BCUT2D eigenvalue weighted by Gasteiger charge is -2.57. The molecule has 0 aliphatic heterocycles. The summed E-state index contributed by atoms with van der Waals surface area (Å²) in [5.74, 6) is 3.99. The Labute approximate surface area is 153 Å². The monoisotopic (exact) mass is 344 g/mol. The van der Waals surface area contributed by atoms with Gasteiger partial charge in [-0.3, -0.25) is 0 Å². The average molecular weight is 344 g/mol. The molecule has 4 aliphatic rings. The number of aromatic hydroxyl groups is 1. The molecular formula is C24H24O2. The Kier molecular flexibility index (Phi) is 2.95. The molecule has 0 unspecified atom stereocenters. The van der Waals surface area contributed by atoms with Gasteiger partial charge in [-0.25, -0.2) is 0 Å². The number of furan rings is 1. The number of phenolic OH excluding ortho intramolecular Hbond substituents is 1. The van der Waals surface area contributed by atoms with Crippen LogP contribution in [-0.2, 0) is 5.41 Å². The zero-order valence-electron chi connectivity index (χ0n) is 14.9. The van der Waals surface area contributed by atoms with Gasteiger partial charge < -0.3 is 9.52 Å². The molecule has 0 spiro atoms. The Morgan fingerprint density at radius 2 is 1.54 bits per heavy atom. The topological polar surface area (TPSA) is 33.4 Å². The fraction of sp³-hybridized carbons (Fsp3) is 0.417. The molecule has 26 heavy (non-hydrogen) atoms. The molecule has 3 aromatic rings. The second-order valence-electron chi connectivity index (χ2n) is 9.08. The summed E-state index contributed by atoms with van der Waals surface area (Å²) < 4.78 is 6.09. The molecule has 132 valence electrons. The number of para-hydroxylation sites is 1. The minimum Gasteiger partial charge on any atom is -0.508 e. The van der Waals surface area contributed by atoms with E-state index in [4.69, 9.17) is 4.42 Å². The lowest BCUT2D eigenvalue weighted by atomic mass is 9.48. The van der Waals surface area contributed by atoms with Gasteiger partial charge in [0.15, 0.2) is 0 Å². The number of hydrogen-bond donors (Lipinski definition) is 1. The van der Waals surface area contributed by atoms with Crippen LogP contribution >= 0.6 is 0 Å². The van der Waals surface area contributed by atoms with Gasteiger partial charge in [0.1, 0.15) is 17.1 Å².